The lowest BCUT2D eigenvalue weighted by Crippen LogP contribution is -2.34. The number of allylic oxidation sites excluding steroid dienone is 1. The lowest BCUT2D eigenvalue weighted by atomic mass is 9.99. The molecule has 116 valence electrons. The summed E-state index contributed by atoms with van der Waals surface area (Å²) in [5.74, 6) is 0.318. The van der Waals surface area contributed by atoms with Crippen LogP contribution in [-0.4, -0.2) is 38.0 Å². The van der Waals surface area contributed by atoms with Gasteiger partial charge in [-0.3, -0.25) is 4.79 Å². The number of aromatic amines is 1. The summed E-state index contributed by atoms with van der Waals surface area (Å²) in [6.45, 7) is 2.95. The van der Waals surface area contributed by atoms with Gasteiger partial charge in [0.15, 0.2) is 0 Å². The highest BCUT2D eigenvalue weighted by Crippen LogP contribution is 2.23. The lowest BCUT2D eigenvalue weighted by molar-refractivity contribution is -0.129. The van der Waals surface area contributed by atoms with Gasteiger partial charge in [0.25, 0.3) is 0 Å². The molecule has 8 heteroatoms. The topological polar surface area (TPSA) is 111 Å². The molecule has 0 radical (unpaired) electrons. The van der Waals surface area contributed by atoms with Crippen molar-refractivity contribution in [1.82, 2.24) is 25.5 Å². The second kappa shape index (κ2) is 6.27. The zero-order valence-corrected chi connectivity index (χ0v) is 12.6. The Hall–Kier alpha value is -3.21. The number of amides is 1. The van der Waals surface area contributed by atoms with Crippen molar-refractivity contribution in [2.75, 3.05) is 11.9 Å². The molecule has 0 spiro atoms. The minimum absolute atomic E-state index is 0.0813. The molecule has 1 aliphatic rings. The Balaban J connectivity index is 1.79. The number of anilines is 1. The molecular weight excluding hydrogens is 294 g/mol. The molecule has 1 amide bonds. The minimum atomic E-state index is 0.0813. The van der Waals surface area contributed by atoms with Crippen LogP contribution in [0, 0.1) is 11.3 Å². The first-order chi connectivity index (χ1) is 11.2. The predicted octanol–water partition coefficient (Wildman–Crippen LogP) is 1.08. The molecule has 1 aliphatic heterocycles. The predicted molar refractivity (Wildman–Crippen MR) is 82.6 cm³/mol. The number of hydrogen-bond donors (Lipinski definition) is 2. The first-order valence-corrected chi connectivity index (χ1v) is 7.15. The number of nitrogens with zero attached hydrogens (tertiary/aromatic N) is 5. The van der Waals surface area contributed by atoms with Crippen LogP contribution in [0.4, 0.5) is 5.69 Å². The van der Waals surface area contributed by atoms with Crippen LogP contribution in [0.2, 0.25) is 0 Å². The Bertz CT molecular complexity index is 789. The number of tetrazole rings is 1. The Morgan fingerprint density at radius 3 is 3.04 bits per heavy atom. The third-order valence-corrected chi connectivity index (χ3v) is 3.75. The molecule has 2 heterocycles. The second-order valence-corrected chi connectivity index (χ2v) is 5.22. The Morgan fingerprint density at radius 1 is 1.48 bits per heavy atom. The summed E-state index contributed by atoms with van der Waals surface area (Å²) in [5, 5.41) is 25.5. The number of aromatic nitrogens is 4. The van der Waals surface area contributed by atoms with E-state index in [4.69, 9.17) is 5.26 Å². The van der Waals surface area contributed by atoms with E-state index in [2.05, 4.69) is 25.9 Å². The van der Waals surface area contributed by atoms with Crippen LogP contribution in [0.15, 0.2) is 24.4 Å². The molecule has 1 aromatic heterocycles. The highest BCUT2D eigenvalue weighted by atomic mass is 16.2. The standard InChI is InChI=1S/C15H15N7O/c1-10(23)22-5-4-11-2-3-14(6-12(11)9-22)17-8-13(7-16)15-18-20-21-19-15/h2-3,6,8,17H,4-5,9H2,1H3,(H,18,19,20,21). The minimum Gasteiger partial charge on any atom is -0.360 e. The number of carbonyl (C=O) groups is 1. The molecule has 0 atom stereocenters. The summed E-state index contributed by atoms with van der Waals surface area (Å²) in [6, 6.07) is 8.01. The summed E-state index contributed by atoms with van der Waals surface area (Å²) >= 11 is 0. The molecule has 0 saturated carbocycles. The average Bonchev–Trinajstić information content (AvgIpc) is 3.09. The summed E-state index contributed by atoms with van der Waals surface area (Å²) in [6.07, 6.45) is 2.40. The molecule has 0 bridgehead atoms. The van der Waals surface area contributed by atoms with E-state index in [9.17, 15) is 4.79 Å². The number of hydrogen-bond acceptors (Lipinski definition) is 6. The molecule has 0 aliphatic carbocycles. The fourth-order valence-corrected chi connectivity index (χ4v) is 2.49. The first-order valence-electron chi connectivity index (χ1n) is 7.15. The van der Waals surface area contributed by atoms with E-state index < -0.39 is 0 Å². The summed E-state index contributed by atoms with van der Waals surface area (Å²) in [7, 11) is 0. The molecule has 2 N–H and O–H groups in total. The van der Waals surface area contributed by atoms with Crippen LogP contribution in [0.5, 0.6) is 0 Å². The van der Waals surface area contributed by atoms with Crippen LogP contribution < -0.4 is 5.32 Å². The Kier molecular flexibility index (Phi) is 4.01. The maximum absolute atomic E-state index is 11.5. The number of H-pyrrole nitrogens is 1. The van der Waals surface area contributed by atoms with Gasteiger partial charge in [-0.05, 0) is 34.9 Å². The third-order valence-electron chi connectivity index (χ3n) is 3.75. The summed E-state index contributed by atoms with van der Waals surface area (Å²) in [4.78, 5) is 13.3. The quantitative estimate of drug-likeness (QED) is 0.821. The number of fused-ring (bicyclic) bond motifs is 1. The molecule has 3 rings (SSSR count). The highest BCUT2D eigenvalue weighted by molar-refractivity contribution is 5.75. The van der Waals surface area contributed by atoms with Crippen molar-refractivity contribution in [3.8, 4) is 6.07 Å². The second-order valence-electron chi connectivity index (χ2n) is 5.22. The van der Waals surface area contributed by atoms with E-state index in [1.807, 2.05) is 29.2 Å². The van der Waals surface area contributed by atoms with E-state index in [0.717, 1.165) is 24.2 Å². The van der Waals surface area contributed by atoms with Gasteiger partial charge < -0.3 is 10.2 Å². The molecule has 2 aromatic rings. The lowest BCUT2D eigenvalue weighted by Gasteiger charge is -2.28. The van der Waals surface area contributed by atoms with E-state index in [0.29, 0.717) is 6.54 Å². The number of benzene rings is 1. The van der Waals surface area contributed by atoms with Gasteiger partial charge in [-0.1, -0.05) is 6.07 Å². The monoisotopic (exact) mass is 309 g/mol. The molecule has 8 nitrogen and oxygen atoms in total. The SMILES string of the molecule is CC(=O)N1CCc2ccc(NC=C(C#N)c3nn[nH]n3)cc2C1. The van der Waals surface area contributed by atoms with Crippen molar-refractivity contribution in [3.63, 3.8) is 0 Å². The molecular formula is C15H15N7O. The van der Waals surface area contributed by atoms with E-state index in [1.165, 1.54) is 11.8 Å². The fraction of sp³-hybridized carbons (Fsp3) is 0.267. The zero-order valence-electron chi connectivity index (χ0n) is 12.6. The molecule has 0 saturated heterocycles. The van der Waals surface area contributed by atoms with Crippen LogP contribution in [0.1, 0.15) is 23.9 Å². The molecule has 0 unspecified atom stereocenters. The molecule has 0 fully saturated rings. The number of carbonyl (C=O) groups excluding carboxylic acids is 1. The van der Waals surface area contributed by atoms with Gasteiger partial charge >= 0.3 is 0 Å². The van der Waals surface area contributed by atoms with Gasteiger partial charge in [-0.15, -0.1) is 10.2 Å². The molecule has 23 heavy (non-hydrogen) atoms. The van der Waals surface area contributed by atoms with Crippen LogP contribution >= 0.6 is 0 Å². The maximum atomic E-state index is 11.5. The Morgan fingerprint density at radius 2 is 2.35 bits per heavy atom. The van der Waals surface area contributed by atoms with Crippen LogP contribution in [-0.2, 0) is 17.8 Å². The van der Waals surface area contributed by atoms with E-state index >= 15 is 0 Å². The first kappa shape index (κ1) is 14.7. The summed E-state index contributed by atoms with van der Waals surface area (Å²) in [5.41, 5.74) is 3.48. The van der Waals surface area contributed by atoms with Gasteiger partial charge in [0.2, 0.25) is 11.7 Å². The van der Waals surface area contributed by atoms with Crippen molar-refractivity contribution >= 4 is 17.2 Å². The van der Waals surface area contributed by atoms with Crippen molar-refractivity contribution in [3.05, 3.63) is 41.4 Å². The Labute approximate surface area is 132 Å². The third kappa shape index (κ3) is 3.18. The van der Waals surface area contributed by atoms with E-state index in [1.54, 1.807) is 6.92 Å². The fourth-order valence-electron chi connectivity index (χ4n) is 2.49. The average molecular weight is 309 g/mol. The van der Waals surface area contributed by atoms with Gasteiger partial charge in [0.05, 0.1) is 0 Å². The van der Waals surface area contributed by atoms with Crippen molar-refractivity contribution in [2.45, 2.75) is 19.9 Å². The van der Waals surface area contributed by atoms with Gasteiger partial charge in [0, 0.05) is 31.9 Å². The van der Waals surface area contributed by atoms with Gasteiger partial charge in [0.1, 0.15) is 11.6 Å². The normalized spacial score (nSPS) is 14.1. The summed E-state index contributed by atoms with van der Waals surface area (Å²) < 4.78 is 0. The van der Waals surface area contributed by atoms with Gasteiger partial charge in [-0.25, -0.2) is 0 Å². The molecule has 1 aromatic carbocycles. The smallest absolute Gasteiger partial charge is 0.219 e. The largest absolute Gasteiger partial charge is 0.360 e. The van der Waals surface area contributed by atoms with Gasteiger partial charge in [-0.2, -0.15) is 10.5 Å². The number of nitriles is 1. The van der Waals surface area contributed by atoms with Crippen molar-refractivity contribution < 1.29 is 4.79 Å². The number of nitrogens with one attached hydrogen (secondary N) is 2. The number of rotatable bonds is 3. The maximum Gasteiger partial charge on any atom is 0.219 e. The highest BCUT2D eigenvalue weighted by Gasteiger charge is 2.18. The zero-order chi connectivity index (χ0) is 16.2. The van der Waals surface area contributed by atoms with E-state index in [-0.39, 0.29) is 17.3 Å². The van der Waals surface area contributed by atoms with Crippen molar-refractivity contribution in [1.29, 1.82) is 5.26 Å². The van der Waals surface area contributed by atoms with Crippen LogP contribution in [0.3, 0.4) is 0 Å². The van der Waals surface area contributed by atoms with Crippen molar-refractivity contribution in [2.24, 2.45) is 0 Å². The van der Waals surface area contributed by atoms with Crippen LogP contribution in [0.25, 0.3) is 5.57 Å².